The molecule has 4 aromatic rings. The van der Waals surface area contributed by atoms with Crippen LogP contribution in [0.15, 0.2) is 47.4 Å². The molecule has 1 atom stereocenters. The third-order valence-corrected chi connectivity index (χ3v) is 5.39. The Morgan fingerprint density at radius 2 is 2.07 bits per heavy atom. The zero-order valence-electron chi connectivity index (χ0n) is 16.0. The third kappa shape index (κ3) is 3.19. The van der Waals surface area contributed by atoms with E-state index in [2.05, 4.69) is 32.2 Å². The first-order chi connectivity index (χ1) is 14.2. The number of nitrogens with two attached hydrogens (primary N) is 1. The maximum absolute atomic E-state index is 6.01. The maximum Gasteiger partial charge on any atom is 0.199 e. The summed E-state index contributed by atoms with van der Waals surface area (Å²) in [5, 5.41) is 7.60. The highest BCUT2D eigenvalue weighted by Gasteiger charge is 2.22. The molecule has 9 nitrogen and oxygen atoms in total. The van der Waals surface area contributed by atoms with Crippen LogP contribution in [-0.2, 0) is 0 Å². The van der Waals surface area contributed by atoms with Gasteiger partial charge in [0.05, 0.1) is 11.7 Å². The van der Waals surface area contributed by atoms with Crippen molar-refractivity contribution in [3.05, 3.63) is 42.7 Å². The zero-order chi connectivity index (χ0) is 19.8. The van der Waals surface area contributed by atoms with E-state index in [1.54, 1.807) is 12.4 Å². The largest absolute Gasteiger partial charge is 0.492 e. The van der Waals surface area contributed by atoms with E-state index in [4.69, 9.17) is 15.1 Å². The van der Waals surface area contributed by atoms with E-state index in [1.165, 1.54) is 12.8 Å². The summed E-state index contributed by atoms with van der Waals surface area (Å²) in [5.41, 5.74) is 8.83. The number of fused-ring (bicyclic) bond motifs is 1. The van der Waals surface area contributed by atoms with Crippen molar-refractivity contribution >= 4 is 16.9 Å². The van der Waals surface area contributed by atoms with E-state index in [0.717, 1.165) is 29.0 Å². The molecule has 1 fully saturated rings. The summed E-state index contributed by atoms with van der Waals surface area (Å²) in [6, 6.07) is 10.3. The van der Waals surface area contributed by atoms with Gasteiger partial charge in [-0.05, 0) is 67.1 Å². The SMILES string of the molecule is CN1CCC[C@H]1COc1ccc(-n2c(-c3nonc3N)nc3cnccc32)cc1. The monoisotopic (exact) mass is 391 g/mol. The Balaban J connectivity index is 1.48. The first-order valence-corrected chi connectivity index (χ1v) is 9.55. The molecular weight excluding hydrogens is 370 g/mol. The maximum atomic E-state index is 6.01. The van der Waals surface area contributed by atoms with Crippen LogP contribution in [0.5, 0.6) is 5.75 Å². The molecule has 2 N–H and O–H groups in total. The van der Waals surface area contributed by atoms with E-state index in [1.807, 2.05) is 34.9 Å². The normalized spacial score (nSPS) is 17.2. The van der Waals surface area contributed by atoms with Crippen LogP contribution in [0.25, 0.3) is 28.2 Å². The van der Waals surface area contributed by atoms with Crippen molar-refractivity contribution in [2.45, 2.75) is 18.9 Å². The van der Waals surface area contributed by atoms with E-state index in [-0.39, 0.29) is 5.82 Å². The van der Waals surface area contributed by atoms with Crippen molar-refractivity contribution in [2.75, 3.05) is 25.9 Å². The third-order valence-electron chi connectivity index (χ3n) is 5.39. The number of hydrogen-bond donors (Lipinski definition) is 1. The van der Waals surface area contributed by atoms with Crippen LogP contribution in [0.4, 0.5) is 5.82 Å². The first-order valence-electron chi connectivity index (χ1n) is 9.55. The Hall–Kier alpha value is -3.46. The second kappa shape index (κ2) is 7.17. The van der Waals surface area contributed by atoms with Crippen LogP contribution >= 0.6 is 0 Å². The van der Waals surface area contributed by atoms with Gasteiger partial charge in [-0.25, -0.2) is 9.61 Å². The number of likely N-dealkylation sites (tertiary alicyclic amines) is 1. The molecule has 29 heavy (non-hydrogen) atoms. The molecule has 1 aliphatic heterocycles. The fourth-order valence-corrected chi connectivity index (χ4v) is 3.78. The van der Waals surface area contributed by atoms with E-state index < -0.39 is 0 Å². The van der Waals surface area contributed by atoms with Gasteiger partial charge in [0.25, 0.3) is 0 Å². The highest BCUT2D eigenvalue weighted by Crippen LogP contribution is 2.30. The minimum absolute atomic E-state index is 0.190. The van der Waals surface area contributed by atoms with Gasteiger partial charge in [0.1, 0.15) is 17.9 Å². The van der Waals surface area contributed by atoms with E-state index in [9.17, 15) is 0 Å². The van der Waals surface area contributed by atoms with Gasteiger partial charge in [0.15, 0.2) is 17.3 Å². The molecule has 0 saturated carbocycles. The highest BCUT2D eigenvalue weighted by atomic mass is 16.6. The standard InChI is InChI=1S/C20H21N7O2/c1-26-10-2-3-14(26)12-28-15-6-4-13(5-7-15)27-17-8-9-22-11-16(17)23-20(27)18-19(21)25-29-24-18/h4-9,11,14H,2-3,10,12H2,1H3,(H2,21,25)/t14-/m0/s1. The second-order valence-corrected chi connectivity index (χ2v) is 7.21. The molecule has 4 heterocycles. The Labute approximate surface area is 167 Å². The molecule has 9 heteroatoms. The van der Waals surface area contributed by atoms with E-state index in [0.29, 0.717) is 24.2 Å². The van der Waals surface area contributed by atoms with Crippen molar-refractivity contribution in [1.29, 1.82) is 0 Å². The predicted molar refractivity (Wildman–Crippen MR) is 108 cm³/mol. The van der Waals surface area contributed by atoms with Crippen LogP contribution in [0.2, 0.25) is 0 Å². The second-order valence-electron chi connectivity index (χ2n) is 7.21. The number of likely N-dealkylation sites (N-methyl/N-ethyl adjacent to an activating group) is 1. The zero-order valence-corrected chi connectivity index (χ0v) is 16.0. The van der Waals surface area contributed by atoms with Gasteiger partial charge in [-0.1, -0.05) is 0 Å². The van der Waals surface area contributed by atoms with Crippen molar-refractivity contribution in [1.82, 2.24) is 29.7 Å². The van der Waals surface area contributed by atoms with Gasteiger partial charge in [-0.3, -0.25) is 9.55 Å². The van der Waals surface area contributed by atoms with Crippen LogP contribution < -0.4 is 10.5 Å². The van der Waals surface area contributed by atoms with Crippen LogP contribution in [0.1, 0.15) is 12.8 Å². The number of benzene rings is 1. The summed E-state index contributed by atoms with van der Waals surface area (Å²) < 4.78 is 12.7. The van der Waals surface area contributed by atoms with Gasteiger partial charge in [-0.15, -0.1) is 0 Å². The fraction of sp³-hybridized carbons (Fsp3) is 0.300. The summed E-state index contributed by atoms with van der Waals surface area (Å²) >= 11 is 0. The molecule has 3 aromatic heterocycles. The molecule has 0 amide bonds. The Morgan fingerprint density at radius 1 is 1.21 bits per heavy atom. The lowest BCUT2D eigenvalue weighted by Gasteiger charge is -2.19. The van der Waals surface area contributed by atoms with Crippen molar-refractivity contribution < 1.29 is 9.37 Å². The number of hydrogen-bond acceptors (Lipinski definition) is 8. The summed E-state index contributed by atoms with van der Waals surface area (Å²) in [6.45, 7) is 1.83. The molecule has 1 aliphatic rings. The van der Waals surface area contributed by atoms with Crippen molar-refractivity contribution in [2.24, 2.45) is 0 Å². The number of pyridine rings is 1. The number of nitrogens with zero attached hydrogens (tertiary/aromatic N) is 6. The van der Waals surface area contributed by atoms with Crippen LogP contribution in [-0.4, -0.2) is 56.0 Å². The minimum Gasteiger partial charge on any atom is -0.492 e. The van der Waals surface area contributed by atoms with Crippen molar-refractivity contribution in [3.8, 4) is 23.0 Å². The summed E-state index contributed by atoms with van der Waals surface area (Å²) in [4.78, 5) is 11.1. The molecule has 5 rings (SSSR count). The van der Waals surface area contributed by atoms with Crippen LogP contribution in [0, 0.1) is 0 Å². The molecular formula is C20H21N7O2. The average Bonchev–Trinajstić information content (AvgIpc) is 3.44. The topological polar surface area (TPSA) is 108 Å². The lowest BCUT2D eigenvalue weighted by Crippen LogP contribution is -2.30. The summed E-state index contributed by atoms with van der Waals surface area (Å²) in [7, 11) is 2.15. The first kappa shape index (κ1) is 17.6. The molecule has 1 saturated heterocycles. The van der Waals surface area contributed by atoms with Gasteiger partial charge in [-0.2, -0.15) is 0 Å². The molecule has 0 radical (unpaired) electrons. The molecule has 0 unspecified atom stereocenters. The van der Waals surface area contributed by atoms with Gasteiger partial charge in [0.2, 0.25) is 0 Å². The molecule has 0 aliphatic carbocycles. The minimum atomic E-state index is 0.190. The Kier molecular flexibility index (Phi) is 4.36. The molecule has 1 aromatic carbocycles. The van der Waals surface area contributed by atoms with Crippen LogP contribution in [0.3, 0.4) is 0 Å². The summed E-state index contributed by atoms with van der Waals surface area (Å²) in [6.07, 6.45) is 5.84. The number of rotatable bonds is 5. The number of anilines is 1. The van der Waals surface area contributed by atoms with Gasteiger partial charge in [0, 0.05) is 17.9 Å². The van der Waals surface area contributed by atoms with Gasteiger partial charge < -0.3 is 15.4 Å². The Bertz CT molecular complexity index is 1140. The summed E-state index contributed by atoms with van der Waals surface area (Å²) in [5.74, 6) is 1.58. The quantitative estimate of drug-likeness (QED) is 0.553. The molecule has 0 bridgehead atoms. The van der Waals surface area contributed by atoms with Gasteiger partial charge >= 0.3 is 0 Å². The number of nitrogen functional groups attached to an aromatic ring is 1. The van der Waals surface area contributed by atoms with E-state index >= 15 is 0 Å². The molecule has 148 valence electrons. The smallest absolute Gasteiger partial charge is 0.199 e. The number of imidazole rings is 1. The average molecular weight is 391 g/mol. The number of ether oxygens (including phenoxy) is 1. The predicted octanol–water partition coefficient (Wildman–Crippen LogP) is 2.53. The lowest BCUT2D eigenvalue weighted by atomic mass is 10.2. The lowest BCUT2D eigenvalue weighted by molar-refractivity contribution is 0.198. The van der Waals surface area contributed by atoms with Crippen molar-refractivity contribution in [3.63, 3.8) is 0 Å². The highest BCUT2D eigenvalue weighted by molar-refractivity contribution is 5.83. The Morgan fingerprint density at radius 3 is 2.79 bits per heavy atom. The molecule has 0 spiro atoms. The number of aromatic nitrogens is 5. The fourth-order valence-electron chi connectivity index (χ4n) is 3.78.